The molecule has 1 heterocycles. The van der Waals surface area contributed by atoms with Crippen molar-refractivity contribution in [2.45, 2.75) is 45.4 Å². The molecule has 22 heavy (non-hydrogen) atoms. The second kappa shape index (κ2) is 6.28. The van der Waals surface area contributed by atoms with Crippen LogP contribution in [0, 0.1) is 0 Å². The summed E-state index contributed by atoms with van der Waals surface area (Å²) in [5.74, 6) is -0.192. The Morgan fingerprint density at radius 2 is 2.09 bits per heavy atom. The zero-order valence-electron chi connectivity index (χ0n) is 13.2. The quantitative estimate of drug-likeness (QED) is 0.827. The lowest BCUT2D eigenvalue weighted by Crippen LogP contribution is -2.57. The number of nitrogens with zero attached hydrogens (tertiary/aromatic N) is 1. The number of carbonyl (C=O) groups excluding carboxylic acids is 2. The number of carbonyl (C=O) groups is 2. The third kappa shape index (κ3) is 4.00. The minimum absolute atomic E-state index is 0.108. The van der Waals surface area contributed by atoms with Gasteiger partial charge in [-0.2, -0.15) is 0 Å². The standard InChI is InChI=1S/C16H21BrN2O3/c1-10-9-19(15(21)22-16(2,3)4)13(14(20)18-10)11-6-5-7-12(17)8-11/h5-8,10,13H,9H2,1-4H3,(H,18,20)/t10-,13-/m1/s1. The summed E-state index contributed by atoms with van der Waals surface area (Å²) in [7, 11) is 0. The van der Waals surface area contributed by atoms with Crippen molar-refractivity contribution in [1.29, 1.82) is 0 Å². The van der Waals surface area contributed by atoms with E-state index >= 15 is 0 Å². The highest BCUT2D eigenvalue weighted by Crippen LogP contribution is 2.28. The molecule has 1 aromatic carbocycles. The lowest BCUT2D eigenvalue weighted by atomic mass is 10.0. The van der Waals surface area contributed by atoms with Crippen LogP contribution in [0.15, 0.2) is 28.7 Å². The van der Waals surface area contributed by atoms with E-state index < -0.39 is 17.7 Å². The number of halogens is 1. The van der Waals surface area contributed by atoms with E-state index in [4.69, 9.17) is 4.74 Å². The highest BCUT2D eigenvalue weighted by molar-refractivity contribution is 9.10. The number of hydrogen-bond acceptors (Lipinski definition) is 3. The van der Waals surface area contributed by atoms with E-state index in [9.17, 15) is 9.59 Å². The van der Waals surface area contributed by atoms with E-state index in [2.05, 4.69) is 21.2 Å². The fourth-order valence-corrected chi connectivity index (χ4v) is 2.83. The van der Waals surface area contributed by atoms with E-state index in [1.165, 1.54) is 4.90 Å². The van der Waals surface area contributed by atoms with Gasteiger partial charge in [0, 0.05) is 17.1 Å². The van der Waals surface area contributed by atoms with Crippen molar-refractivity contribution in [2.75, 3.05) is 6.54 Å². The number of rotatable bonds is 1. The van der Waals surface area contributed by atoms with Crippen LogP contribution in [0.2, 0.25) is 0 Å². The first-order valence-electron chi connectivity index (χ1n) is 7.23. The Labute approximate surface area is 139 Å². The van der Waals surface area contributed by atoms with Gasteiger partial charge in [-0.25, -0.2) is 4.79 Å². The summed E-state index contributed by atoms with van der Waals surface area (Å²) in [5.41, 5.74) is 0.153. The van der Waals surface area contributed by atoms with Crippen LogP contribution in [-0.4, -0.2) is 35.1 Å². The smallest absolute Gasteiger partial charge is 0.411 e. The number of amides is 2. The van der Waals surface area contributed by atoms with Gasteiger partial charge in [-0.05, 0) is 45.4 Å². The van der Waals surface area contributed by atoms with Crippen molar-refractivity contribution in [3.05, 3.63) is 34.3 Å². The normalized spacial score (nSPS) is 22.2. The van der Waals surface area contributed by atoms with Crippen LogP contribution in [0.4, 0.5) is 4.79 Å². The van der Waals surface area contributed by atoms with Crippen LogP contribution < -0.4 is 5.32 Å². The first-order chi connectivity index (χ1) is 10.2. The Hall–Kier alpha value is -1.56. The zero-order valence-corrected chi connectivity index (χ0v) is 14.8. The molecule has 0 unspecified atom stereocenters. The zero-order chi connectivity index (χ0) is 16.5. The second-order valence-corrected chi connectivity index (χ2v) is 7.42. The van der Waals surface area contributed by atoms with E-state index in [0.29, 0.717) is 6.54 Å². The van der Waals surface area contributed by atoms with E-state index in [1.54, 1.807) is 0 Å². The maximum atomic E-state index is 12.5. The minimum atomic E-state index is -0.677. The molecule has 5 nitrogen and oxygen atoms in total. The molecule has 1 aliphatic rings. The molecule has 0 aromatic heterocycles. The fourth-order valence-electron chi connectivity index (χ4n) is 2.42. The number of benzene rings is 1. The summed E-state index contributed by atoms with van der Waals surface area (Å²) >= 11 is 3.40. The van der Waals surface area contributed by atoms with Crippen molar-refractivity contribution in [3.8, 4) is 0 Å². The summed E-state index contributed by atoms with van der Waals surface area (Å²) in [4.78, 5) is 26.4. The van der Waals surface area contributed by atoms with Gasteiger partial charge >= 0.3 is 6.09 Å². The topological polar surface area (TPSA) is 58.6 Å². The molecule has 6 heteroatoms. The van der Waals surface area contributed by atoms with Gasteiger partial charge in [-0.1, -0.05) is 28.1 Å². The molecule has 0 bridgehead atoms. The summed E-state index contributed by atoms with van der Waals surface area (Å²) in [6, 6.07) is 6.62. The third-order valence-electron chi connectivity index (χ3n) is 3.21. The highest BCUT2D eigenvalue weighted by atomic mass is 79.9. The number of hydrogen-bond donors (Lipinski definition) is 1. The number of nitrogens with one attached hydrogen (secondary N) is 1. The van der Waals surface area contributed by atoms with E-state index in [-0.39, 0.29) is 11.9 Å². The predicted molar refractivity (Wildman–Crippen MR) is 87.4 cm³/mol. The Bertz CT molecular complexity index is 583. The van der Waals surface area contributed by atoms with Crippen LogP contribution in [0.5, 0.6) is 0 Å². The van der Waals surface area contributed by atoms with Gasteiger partial charge in [0.1, 0.15) is 11.6 Å². The Kier molecular flexibility index (Phi) is 4.80. The lowest BCUT2D eigenvalue weighted by Gasteiger charge is -2.39. The summed E-state index contributed by atoms with van der Waals surface area (Å²) in [5, 5.41) is 2.89. The third-order valence-corrected chi connectivity index (χ3v) is 3.70. The first kappa shape index (κ1) is 16.8. The van der Waals surface area contributed by atoms with Crippen molar-refractivity contribution in [1.82, 2.24) is 10.2 Å². The van der Waals surface area contributed by atoms with Crippen molar-refractivity contribution in [2.24, 2.45) is 0 Å². The van der Waals surface area contributed by atoms with Gasteiger partial charge in [0.15, 0.2) is 0 Å². The molecule has 0 aliphatic carbocycles. The van der Waals surface area contributed by atoms with Gasteiger partial charge in [0.05, 0.1) is 0 Å². The average Bonchev–Trinajstić information content (AvgIpc) is 2.35. The largest absolute Gasteiger partial charge is 0.444 e. The molecule has 1 fully saturated rings. The van der Waals surface area contributed by atoms with Crippen LogP contribution in [0.25, 0.3) is 0 Å². The lowest BCUT2D eigenvalue weighted by molar-refractivity contribution is -0.130. The monoisotopic (exact) mass is 368 g/mol. The summed E-state index contributed by atoms with van der Waals surface area (Å²) in [6.07, 6.45) is -0.473. The maximum Gasteiger partial charge on any atom is 0.411 e. The van der Waals surface area contributed by atoms with Crippen LogP contribution >= 0.6 is 15.9 Å². The van der Waals surface area contributed by atoms with Gasteiger partial charge in [-0.3, -0.25) is 9.69 Å². The molecule has 2 rings (SSSR count). The average molecular weight is 369 g/mol. The number of ether oxygens (including phenoxy) is 1. The van der Waals surface area contributed by atoms with Gasteiger partial charge in [0.2, 0.25) is 5.91 Å². The van der Waals surface area contributed by atoms with Crippen LogP contribution in [0.3, 0.4) is 0 Å². The second-order valence-electron chi connectivity index (χ2n) is 6.50. The maximum absolute atomic E-state index is 12.5. The SMILES string of the molecule is C[C@@H]1CN(C(=O)OC(C)(C)C)[C@H](c2cccc(Br)c2)C(=O)N1. The molecule has 120 valence electrons. The fraction of sp³-hybridized carbons (Fsp3) is 0.500. The van der Waals surface area contributed by atoms with Crippen LogP contribution in [-0.2, 0) is 9.53 Å². The molecule has 1 N–H and O–H groups in total. The Balaban J connectivity index is 2.34. The van der Waals surface area contributed by atoms with Crippen molar-refractivity contribution in [3.63, 3.8) is 0 Å². The number of piperazine rings is 1. The molecule has 0 spiro atoms. The van der Waals surface area contributed by atoms with Gasteiger partial charge in [-0.15, -0.1) is 0 Å². The van der Waals surface area contributed by atoms with Crippen LogP contribution in [0.1, 0.15) is 39.3 Å². The van der Waals surface area contributed by atoms with Gasteiger partial charge < -0.3 is 10.1 Å². The van der Waals surface area contributed by atoms with Crippen molar-refractivity contribution < 1.29 is 14.3 Å². The Morgan fingerprint density at radius 1 is 1.41 bits per heavy atom. The first-order valence-corrected chi connectivity index (χ1v) is 8.02. The molecule has 0 radical (unpaired) electrons. The summed E-state index contributed by atoms with van der Waals surface area (Å²) in [6.45, 7) is 7.72. The molecule has 0 saturated carbocycles. The summed E-state index contributed by atoms with van der Waals surface area (Å²) < 4.78 is 6.31. The van der Waals surface area contributed by atoms with E-state index in [0.717, 1.165) is 10.0 Å². The molecule has 1 saturated heterocycles. The predicted octanol–water partition coefficient (Wildman–Crippen LogP) is 3.25. The van der Waals surface area contributed by atoms with E-state index in [1.807, 2.05) is 52.0 Å². The molecular weight excluding hydrogens is 348 g/mol. The Morgan fingerprint density at radius 3 is 2.68 bits per heavy atom. The molecule has 2 amide bonds. The highest BCUT2D eigenvalue weighted by Gasteiger charge is 2.39. The minimum Gasteiger partial charge on any atom is -0.444 e. The molecule has 1 aliphatic heterocycles. The molecule has 1 aromatic rings. The van der Waals surface area contributed by atoms with Gasteiger partial charge in [0.25, 0.3) is 0 Å². The molecular formula is C16H21BrN2O3. The van der Waals surface area contributed by atoms with Crippen molar-refractivity contribution >= 4 is 27.9 Å². The molecule has 2 atom stereocenters.